The van der Waals surface area contributed by atoms with Gasteiger partial charge >= 0.3 is 0 Å². The van der Waals surface area contributed by atoms with Crippen molar-refractivity contribution in [1.82, 2.24) is 14.5 Å². The van der Waals surface area contributed by atoms with Crippen molar-refractivity contribution in [3.05, 3.63) is 18.7 Å². The lowest BCUT2D eigenvalue weighted by molar-refractivity contribution is -0.137. The average Bonchev–Trinajstić information content (AvgIpc) is 2.97. The molecule has 1 aromatic rings. The summed E-state index contributed by atoms with van der Waals surface area (Å²) >= 11 is 0. The van der Waals surface area contributed by atoms with Crippen LogP contribution in [-0.2, 0) is 16.1 Å². The third kappa shape index (κ3) is 3.06. The lowest BCUT2D eigenvalue weighted by Crippen LogP contribution is -2.40. The van der Waals surface area contributed by atoms with Crippen molar-refractivity contribution in [3.8, 4) is 0 Å². The van der Waals surface area contributed by atoms with E-state index in [2.05, 4.69) is 4.98 Å². The summed E-state index contributed by atoms with van der Waals surface area (Å²) in [6.07, 6.45) is 7.64. The average molecular weight is 237 g/mol. The Morgan fingerprint density at radius 2 is 2.47 bits per heavy atom. The number of aromatic nitrogens is 2. The molecule has 94 valence electrons. The van der Waals surface area contributed by atoms with Gasteiger partial charge in [0.2, 0.25) is 5.91 Å². The monoisotopic (exact) mass is 237 g/mol. The molecule has 5 nitrogen and oxygen atoms in total. The van der Waals surface area contributed by atoms with E-state index in [1.807, 2.05) is 22.6 Å². The van der Waals surface area contributed by atoms with Gasteiger partial charge in [-0.2, -0.15) is 0 Å². The summed E-state index contributed by atoms with van der Waals surface area (Å²) in [5.74, 6) is 0.106. The van der Waals surface area contributed by atoms with Crippen LogP contribution >= 0.6 is 0 Å². The molecule has 5 heteroatoms. The van der Waals surface area contributed by atoms with Crippen molar-refractivity contribution in [2.45, 2.75) is 32.4 Å². The molecular weight excluding hydrogens is 218 g/mol. The molecule has 1 aliphatic rings. The summed E-state index contributed by atoms with van der Waals surface area (Å²) in [5, 5.41) is 0. The molecule has 2 heterocycles. The minimum atomic E-state index is 0.106. The number of hydrogen-bond acceptors (Lipinski definition) is 3. The fourth-order valence-corrected chi connectivity index (χ4v) is 2.26. The highest BCUT2D eigenvalue weighted by Crippen LogP contribution is 2.19. The van der Waals surface area contributed by atoms with Crippen LogP contribution in [0.2, 0.25) is 0 Å². The number of hydrogen-bond donors (Lipinski definition) is 0. The molecule has 0 N–H and O–H groups in total. The zero-order valence-corrected chi connectivity index (χ0v) is 10.2. The Labute approximate surface area is 101 Å². The first-order valence-corrected chi connectivity index (χ1v) is 6.14. The third-order valence-electron chi connectivity index (χ3n) is 3.11. The van der Waals surface area contributed by atoms with Crippen LogP contribution in [0.3, 0.4) is 0 Å². The van der Waals surface area contributed by atoms with Crippen molar-refractivity contribution < 1.29 is 9.53 Å². The van der Waals surface area contributed by atoms with E-state index in [9.17, 15) is 4.79 Å². The summed E-state index contributed by atoms with van der Waals surface area (Å²) in [4.78, 5) is 17.9. The Balaban J connectivity index is 1.90. The zero-order chi connectivity index (χ0) is 12.1. The molecule has 1 fully saturated rings. The first kappa shape index (κ1) is 12.1. The van der Waals surface area contributed by atoms with Gasteiger partial charge in [-0.3, -0.25) is 4.79 Å². The Bertz CT molecular complexity index is 351. The first-order chi connectivity index (χ1) is 8.31. The number of likely N-dealkylation sites (tertiary alicyclic amines) is 1. The van der Waals surface area contributed by atoms with E-state index >= 15 is 0 Å². The van der Waals surface area contributed by atoms with Crippen molar-refractivity contribution in [2.75, 3.05) is 19.8 Å². The van der Waals surface area contributed by atoms with Crippen LogP contribution in [-0.4, -0.2) is 46.2 Å². The summed E-state index contributed by atoms with van der Waals surface area (Å²) in [6, 6.07) is 0.289. The highest BCUT2D eigenvalue weighted by atomic mass is 16.5. The van der Waals surface area contributed by atoms with Crippen LogP contribution in [0.4, 0.5) is 0 Å². The number of carbonyl (C=O) groups is 1. The molecule has 0 saturated carbocycles. The van der Waals surface area contributed by atoms with Gasteiger partial charge in [0, 0.05) is 38.1 Å². The van der Waals surface area contributed by atoms with Gasteiger partial charge in [0.05, 0.1) is 6.33 Å². The minimum absolute atomic E-state index is 0.106. The first-order valence-electron chi connectivity index (χ1n) is 6.14. The number of amides is 1. The Kier molecular flexibility index (Phi) is 4.14. The van der Waals surface area contributed by atoms with Gasteiger partial charge in [-0.15, -0.1) is 0 Å². The molecule has 1 atom stereocenters. The predicted molar refractivity (Wildman–Crippen MR) is 63.5 cm³/mol. The zero-order valence-electron chi connectivity index (χ0n) is 10.2. The second kappa shape index (κ2) is 5.82. The van der Waals surface area contributed by atoms with Crippen molar-refractivity contribution in [2.24, 2.45) is 0 Å². The number of rotatable bonds is 5. The molecule has 0 aliphatic carbocycles. The predicted octanol–water partition coefficient (Wildman–Crippen LogP) is 0.911. The number of imidazole rings is 1. The van der Waals surface area contributed by atoms with E-state index in [1.54, 1.807) is 12.5 Å². The minimum Gasteiger partial charge on any atom is -0.372 e. The maximum absolute atomic E-state index is 11.9. The van der Waals surface area contributed by atoms with E-state index in [0.29, 0.717) is 6.61 Å². The van der Waals surface area contributed by atoms with Crippen LogP contribution in [0.1, 0.15) is 19.8 Å². The van der Waals surface area contributed by atoms with E-state index in [-0.39, 0.29) is 18.6 Å². The lowest BCUT2D eigenvalue weighted by atomic mass is 10.2. The second-order valence-corrected chi connectivity index (χ2v) is 4.28. The van der Waals surface area contributed by atoms with Crippen LogP contribution in [0.5, 0.6) is 0 Å². The van der Waals surface area contributed by atoms with Crippen LogP contribution < -0.4 is 0 Å². The molecule has 0 radical (unpaired) electrons. The van der Waals surface area contributed by atoms with Crippen molar-refractivity contribution >= 4 is 5.91 Å². The van der Waals surface area contributed by atoms with Crippen molar-refractivity contribution in [3.63, 3.8) is 0 Å². The Morgan fingerprint density at radius 1 is 1.59 bits per heavy atom. The van der Waals surface area contributed by atoms with Crippen LogP contribution in [0, 0.1) is 0 Å². The number of ether oxygens (including phenoxy) is 1. The fraction of sp³-hybridized carbons (Fsp3) is 0.667. The number of nitrogens with zero attached hydrogens (tertiary/aromatic N) is 3. The quantitative estimate of drug-likeness (QED) is 0.764. The highest BCUT2D eigenvalue weighted by Gasteiger charge is 2.28. The van der Waals surface area contributed by atoms with Gasteiger partial charge < -0.3 is 14.2 Å². The van der Waals surface area contributed by atoms with Gasteiger partial charge in [0.1, 0.15) is 6.61 Å². The van der Waals surface area contributed by atoms with E-state index in [1.165, 1.54) is 0 Å². The van der Waals surface area contributed by atoms with Crippen LogP contribution in [0.15, 0.2) is 18.7 Å². The molecule has 17 heavy (non-hydrogen) atoms. The van der Waals surface area contributed by atoms with Crippen LogP contribution in [0.25, 0.3) is 0 Å². The van der Waals surface area contributed by atoms with E-state index in [4.69, 9.17) is 4.74 Å². The standard InChI is InChI=1S/C12H19N3O2/c1-2-17-9-12(16)15-6-3-4-11(15)8-14-7-5-13-10-14/h5,7,10-11H,2-4,6,8-9H2,1H3/t11-/m1/s1. The molecule has 1 saturated heterocycles. The maximum Gasteiger partial charge on any atom is 0.248 e. The fourth-order valence-electron chi connectivity index (χ4n) is 2.26. The van der Waals surface area contributed by atoms with Gasteiger partial charge in [-0.25, -0.2) is 4.98 Å². The topological polar surface area (TPSA) is 47.4 Å². The van der Waals surface area contributed by atoms with Gasteiger partial charge in [0.15, 0.2) is 0 Å². The summed E-state index contributed by atoms with van der Waals surface area (Å²) in [5.41, 5.74) is 0. The van der Waals surface area contributed by atoms with Gasteiger partial charge in [-0.05, 0) is 19.8 Å². The number of carbonyl (C=O) groups excluding carboxylic acids is 1. The van der Waals surface area contributed by atoms with Gasteiger partial charge in [-0.1, -0.05) is 0 Å². The van der Waals surface area contributed by atoms with Gasteiger partial charge in [0.25, 0.3) is 0 Å². The molecule has 0 unspecified atom stereocenters. The molecule has 2 rings (SSSR count). The Morgan fingerprint density at radius 3 is 3.18 bits per heavy atom. The van der Waals surface area contributed by atoms with E-state index in [0.717, 1.165) is 25.9 Å². The smallest absolute Gasteiger partial charge is 0.248 e. The van der Waals surface area contributed by atoms with Crippen molar-refractivity contribution in [1.29, 1.82) is 0 Å². The summed E-state index contributed by atoms with van der Waals surface area (Å²) < 4.78 is 7.21. The van der Waals surface area contributed by atoms with E-state index < -0.39 is 0 Å². The molecule has 0 bridgehead atoms. The largest absolute Gasteiger partial charge is 0.372 e. The molecule has 0 aromatic carbocycles. The SMILES string of the molecule is CCOCC(=O)N1CCC[C@@H]1Cn1ccnc1. The molecule has 1 aromatic heterocycles. The summed E-state index contributed by atoms with van der Waals surface area (Å²) in [7, 11) is 0. The normalized spacial score (nSPS) is 19.8. The third-order valence-corrected chi connectivity index (χ3v) is 3.11. The summed E-state index contributed by atoms with van der Waals surface area (Å²) in [6.45, 7) is 4.38. The molecule has 1 aliphatic heterocycles. The maximum atomic E-state index is 11.9. The molecule has 0 spiro atoms. The molecular formula is C12H19N3O2. The second-order valence-electron chi connectivity index (χ2n) is 4.28. The lowest BCUT2D eigenvalue weighted by Gasteiger charge is -2.24. The highest BCUT2D eigenvalue weighted by molar-refractivity contribution is 5.78. The Hall–Kier alpha value is -1.36. The molecule has 1 amide bonds.